The highest BCUT2D eigenvalue weighted by Gasteiger charge is 2.10. The zero-order chi connectivity index (χ0) is 12.3. The molecule has 0 fully saturated rings. The molecule has 0 atom stereocenters. The molecule has 0 aliphatic rings. The average molecular weight is 304 g/mol. The van der Waals surface area contributed by atoms with Crippen molar-refractivity contribution >= 4 is 31.8 Å². The Bertz CT molecular complexity index is 587. The lowest BCUT2D eigenvalue weighted by molar-refractivity contribution is 0.609. The van der Waals surface area contributed by atoms with Crippen LogP contribution >= 0.6 is 15.9 Å². The Balaban J connectivity index is 3.27. The van der Waals surface area contributed by atoms with Gasteiger partial charge in [0.2, 0.25) is 0 Å². The monoisotopic (exact) mass is 303 g/mol. The van der Waals surface area contributed by atoms with E-state index in [0.717, 1.165) is 6.26 Å². The molecule has 6 heteroatoms. The molecule has 0 unspecified atom stereocenters. The molecule has 84 valence electrons. The van der Waals surface area contributed by atoms with Gasteiger partial charge in [0.05, 0.1) is 4.47 Å². The van der Waals surface area contributed by atoms with Gasteiger partial charge in [-0.15, -0.1) is 0 Å². The number of hydrogen-bond donors (Lipinski definition) is 0. The van der Waals surface area contributed by atoms with E-state index in [-0.39, 0.29) is 9.38 Å². The van der Waals surface area contributed by atoms with Crippen LogP contribution in [0.2, 0.25) is 0 Å². The van der Waals surface area contributed by atoms with E-state index in [1.165, 1.54) is 24.3 Å². The third-order valence-corrected chi connectivity index (χ3v) is 3.37. The summed E-state index contributed by atoms with van der Waals surface area (Å²) in [6, 6.07) is 5.57. The standard InChI is InChI=1S/C10H7BrFNO2S/c1-16(14,15)8(6-13)4-7-2-3-10(12)9(11)5-7/h2-5H,1H3. The number of halogens is 2. The van der Waals surface area contributed by atoms with Crippen molar-refractivity contribution in [1.29, 1.82) is 5.26 Å². The highest BCUT2D eigenvalue weighted by molar-refractivity contribution is 9.10. The summed E-state index contributed by atoms with van der Waals surface area (Å²) in [7, 11) is -3.55. The Morgan fingerprint density at radius 1 is 1.56 bits per heavy atom. The summed E-state index contributed by atoms with van der Waals surface area (Å²) in [5, 5.41) is 8.66. The van der Waals surface area contributed by atoms with E-state index in [0.29, 0.717) is 5.56 Å². The molecule has 0 N–H and O–H groups in total. The summed E-state index contributed by atoms with van der Waals surface area (Å²) in [4.78, 5) is -0.356. The Morgan fingerprint density at radius 3 is 2.62 bits per heavy atom. The molecular formula is C10H7BrFNO2S. The lowest BCUT2D eigenvalue weighted by Gasteiger charge is -1.98. The van der Waals surface area contributed by atoms with E-state index in [1.807, 2.05) is 0 Å². The lowest BCUT2D eigenvalue weighted by Crippen LogP contribution is -1.98. The summed E-state index contributed by atoms with van der Waals surface area (Å²) in [5.74, 6) is -0.449. The van der Waals surface area contributed by atoms with E-state index in [9.17, 15) is 12.8 Å². The number of hydrogen-bond acceptors (Lipinski definition) is 3. The normalized spacial score (nSPS) is 12.2. The molecule has 0 saturated carbocycles. The zero-order valence-electron chi connectivity index (χ0n) is 8.24. The average Bonchev–Trinajstić information content (AvgIpc) is 2.18. The van der Waals surface area contributed by atoms with Gasteiger partial charge in [0.1, 0.15) is 16.8 Å². The maximum Gasteiger partial charge on any atom is 0.185 e. The predicted octanol–water partition coefficient (Wildman–Crippen LogP) is 2.50. The molecule has 3 nitrogen and oxygen atoms in total. The van der Waals surface area contributed by atoms with Crippen molar-refractivity contribution in [3.63, 3.8) is 0 Å². The molecule has 0 amide bonds. The van der Waals surface area contributed by atoms with Crippen molar-refractivity contribution in [2.75, 3.05) is 6.26 Å². The van der Waals surface area contributed by atoms with Crippen LogP contribution in [0.1, 0.15) is 5.56 Å². The fourth-order valence-electron chi connectivity index (χ4n) is 0.976. The van der Waals surface area contributed by atoms with Gasteiger partial charge >= 0.3 is 0 Å². The van der Waals surface area contributed by atoms with Gasteiger partial charge in [0.25, 0.3) is 0 Å². The van der Waals surface area contributed by atoms with Crippen molar-refractivity contribution < 1.29 is 12.8 Å². The molecular weight excluding hydrogens is 297 g/mol. The molecule has 1 rings (SSSR count). The fraction of sp³-hybridized carbons (Fsp3) is 0.100. The van der Waals surface area contributed by atoms with Gasteiger partial charge < -0.3 is 0 Å². The van der Waals surface area contributed by atoms with Crippen molar-refractivity contribution in [2.24, 2.45) is 0 Å². The first-order chi connectivity index (χ1) is 7.34. The van der Waals surface area contributed by atoms with Crippen LogP contribution in [-0.4, -0.2) is 14.7 Å². The number of nitriles is 1. The third kappa shape index (κ3) is 3.15. The van der Waals surface area contributed by atoms with Crippen molar-refractivity contribution in [1.82, 2.24) is 0 Å². The van der Waals surface area contributed by atoms with Crippen LogP contribution in [0.5, 0.6) is 0 Å². The first-order valence-electron chi connectivity index (χ1n) is 4.11. The van der Waals surface area contributed by atoms with Crippen LogP contribution in [-0.2, 0) is 9.84 Å². The maximum absolute atomic E-state index is 12.9. The van der Waals surface area contributed by atoms with E-state index >= 15 is 0 Å². The lowest BCUT2D eigenvalue weighted by atomic mass is 10.2. The Morgan fingerprint density at radius 2 is 2.19 bits per heavy atom. The molecule has 1 aromatic carbocycles. The fourth-order valence-corrected chi connectivity index (χ4v) is 1.89. The van der Waals surface area contributed by atoms with Gasteiger partial charge in [0, 0.05) is 6.26 Å². The van der Waals surface area contributed by atoms with Gasteiger partial charge in [-0.1, -0.05) is 6.07 Å². The predicted molar refractivity (Wildman–Crippen MR) is 62.5 cm³/mol. The Hall–Kier alpha value is -1.19. The minimum Gasteiger partial charge on any atom is -0.223 e. The molecule has 16 heavy (non-hydrogen) atoms. The van der Waals surface area contributed by atoms with Gasteiger partial charge in [-0.2, -0.15) is 5.26 Å². The van der Waals surface area contributed by atoms with Crippen LogP contribution in [0.4, 0.5) is 4.39 Å². The third-order valence-electron chi connectivity index (χ3n) is 1.75. The molecule has 0 bridgehead atoms. The molecule has 0 aliphatic carbocycles. The number of rotatable bonds is 2. The van der Waals surface area contributed by atoms with E-state index in [2.05, 4.69) is 15.9 Å². The highest BCUT2D eigenvalue weighted by atomic mass is 79.9. The van der Waals surface area contributed by atoms with Crippen LogP contribution < -0.4 is 0 Å². The zero-order valence-corrected chi connectivity index (χ0v) is 10.6. The first kappa shape index (κ1) is 12.9. The smallest absolute Gasteiger partial charge is 0.185 e. The molecule has 0 saturated heterocycles. The Kier molecular flexibility index (Phi) is 3.83. The van der Waals surface area contributed by atoms with Crippen molar-refractivity contribution in [3.05, 3.63) is 39.0 Å². The molecule has 1 aromatic rings. The molecule has 0 spiro atoms. The second-order valence-corrected chi connectivity index (χ2v) is 5.90. The van der Waals surface area contributed by atoms with Crippen LogP contribution in [0, 0.1) is 17.1 Å². The molecule has 0 radical (unpaired) electrons. The molecule has 0 aromatic heterocycles. The van der Waals surface area contributed by atoms with Crippen LogP contribution in [0.25, 0.3) is 6.08 Å². The van der Waals surface area contributed by atoms with Gasteiger partial charge in [-0.25, -0.2) is 12.8 Å². The topological polar surface area (TPSA) is 57.9 Å². The number of benzene rings is 1. The number of sulfone groups is 1. The summed E-state index contributed by atoms with van der Waals surface area (Å²) in [6.45, 7) is 0. The summed E-state index contributed by atoms with van der Waals surface area (Å²) < 4.78 is 35.4. The largest absolute Gasteiger partial charge is 0.223 e. The van der Waals surface area contributed by atoms with Gasteiger partial charge in [-0.05, 0) is 39.7 Å². The highest BCUT2D eigenvalue weighted by Crippen LogP contribution is 2.19. The number of nitrogens with zero attached hydrogens (tertiary/aromatic N) is 1. The molecule has 0 heterocycles. The maximum atomic E-state index is 12.9. The van der Waals surface area contributed by atoms with E-state index < -0.39 is 15.7 Å². The van der Waals surface area contributed by atoms with Gasteiger partial charge in [0.15, 0.2) is 9.84 Å². The Labute approximate surface area is 101 Å². The second-order valence-electron chi connectivity index (χ2n) is 3.07. The van der Waals surface area contributed by atoms with Crippen LogP contribution in [0.3, 0.4) is 0 Å². The van der Waals surface area contributed by atoms with Gasteiger partial charge in [-0.3, -0.25) is 0 Å². The summed E-state index contributed by atoms with van der Waals surface area (Å²) in [6.07, 6.45) is 2.14. The van der Waals surface area contributed by atoms with Crippen molar-refractivity contribution in [2.45, 2.75) is 0 Å². The van der Waals surface area contributed by atoms with E-state index in [1.54, 1.807) is 6.07 Å². The van der Waals surface area contributed by atoms with E-state index in [4.69, 9.17) is 5.26 Å². The summed E-state index contributed by atoms with van der Waals surface area (Å²) in [5.41, 5.74) is 0.440. The number of allylic oxidation sites excluding steroid dienone is 1. The first-order valence-corrected chi connectivity index (χ1v) is 6.80. The minimum absolute atomic E-state index is 0.215. The van der Waals surface area contributed by atoms with Crippen LogP contribution in [0.15, 0.2) is 27.6 Å². The SMILES string of the molecule is CS(=O)(=O)C(C#N)=Cc1ccc(F)c(Br)c1. The van der Waals surface area contributed by atoms with Crippen molar-refractivity contribution in [3.8, 4) is 6.07 Å². The molecule has 0 aliphatic heterocycles. The quantitative estimate of drug-likeness (QED) is 0.789. The summed E-state index contributed by atoms with van der Waals surface area (Å²) >= 11 is 2.97. The minimum atomic E-state index is -3.55. The second kappa shape index (κ2) is 4.76.